The fraction of sp³-hybridized carbons (Fsp3) is 1.00. The van der Waals surface area contributed by atoms with Gasteiger partial charge in [0.25, 0.3) is 0 Å². The summed E-state index contributed by atoms with van der Waals surface area (Å²) in [4.78, 5) is 2.26. The SMILES string of the molecule is CCCC(CCC)NCCCCN(C)C. The lowest BCUT2D eigenvalue weighted by Gasteiger charge is -2.17. The molecular formula is C13H30N2. The molecule has 0 bridgehead atoms. The van der Waals surface area contributed by atoms with Crippen molar-refractivity contribution < 1.29 is 0 Å². The highest BCUT2D eigenvalue weighted by molar-refractivity contribution is 4.65. The van der Waals surface area contributed by atoms with Crippen molar-refractivity contribution in [2.45, 2.75) is 58.4 Å². The number of unbranched alkanes of at least 4 members (excludes halogenated alkanes) is 1. The van der Waals surface area contributed by atoms with Crippen LogP contribution in [0.4, 0.5) is 0 Å². The first-order valence-corrected chi connectivity index (χ1v) is 6.58. The molecule has 2 nitrogen and oxygen atoms in total. The Bertz CT molecular complexity index is 118. The van der Waals surface area contributed by atoms with E-state index >= 15 is 0 Å². The zero-order chi connectivity index (χ0) is 11.5. The molecule has 0 saturated carbocycles. The van der Waals surface area contributed by atoms with Gasteiger partial charge in [-0.05, 0) is 52.9 Å². The van der Waals surface area contributed by atoms with E-state index in [4.69, 9.17) is 0 Å². The zero-order valence-corrected chi connectivity index (χ0v) is 11.2. The fourth-order valence-electron chi connectivity index (χ4n) is 1.90. The number of nitrogens with one attached hydrogen (secondary N) is 1. The van der Waals surface area contributed by atoms with Gasteiger partial charge in [-0.15, -0.1) is 0 Å². The molecule has 0 atom stereocenters. The summed E-state index contributed by atoms with van der Waals surface area (Å²) in [5.41, 5.74) is 0. The van der Waals surface area contributed by atoms with Crippen LogP contribution in [0.1, 0.15) is 52.4 Å². The second-order valence-electron chi connectivity index (χ2n) is 4.74. The topological polar surface area (TPSA) is 15.3 Å². The van der Waals surface area contributed by atoms with Gasteiger partial charge in [0.2, 0.25) is 0 Å². The summed E-state index contributed by atoms with van der Waals surface area (Å²) in [5.74, 6) is 0. The van der Waals surface area contributed by atoms with E-state index in [0.29, 0.717) is 0 Å². The van der Waals surface area contributed by atoms with Crippen LogP contribution in [0, 0.1) is 0 Å². The van der Waals surface area contributed by atoms with Crippen LogP contribution in [0.3, 0.4) is 0 Å². The summed E-state index contributed by atoms with van der Waals surface area (Å²) in [7, 11) is 4.29. The van der Waals surface area contributed by atoms with Gasteiger partial charge < -0.3 is 10.2 Å². The Hall–Kier alpha value is -0.0800. The minimum absolute atomic E-state index is 0.763. The summed E-state index contributed by atoms with van der Waals surface area (Å²) in [6, 6.07) is 0.763. The Kier molecular flexibility index (Phi) is 10.4. The van der Waals surface area contributed by atoms with Crippen molar-refractivity contribution in [1.82, 2.24) is 10.2 Å². The van der Waals surface area contributed by atoms with E-state index in [-0.39, 0.29) is 0 Å². The molecule has 0 amide bonds. The van der Waals surface area contributed by atoms with Gasteiger partial charge >= 0.3 is 0 Å². The summed E-state index contributed by atoms with van der Waals surface area (Å²) >= 11 is 0. The minimum atomic E-state index is 0.763. The van der Waals surface area contributed by atoms with Crippen molar-refractivity contribution in [2.75, 3.05) is 27.2 Å². The average molecular weight is 214 g/mol. The van der Waals surface area contributed by atoms with Crippen LogP contribution >= 0.6 is 0 Å². The number of rotatable bonds is 10. The first kappa shape index (κ1) is 14.9. The van der Waals surface area contributed by atoms with E-state index in [9.17, 15) is 0 Å². The van der Waals surface area contributed by atoms with E-state index in [1.807, 2.05) is 0 Å². The van der Waals surface area contributed by atoms with Crippen molar-refractivity contribution in [1.29, 1.82) is 0 Å². The molecule has 0 aromatic heterocycles. The first-order valence-electron chi connectivity index (χ1n) is 6.58. The van der Waals surface area contributed by atoms with E-state index in [2.05, 4.69) is 38.2 Å². The van der Waals surface area contributed by atoms with Crippen molar-refractivity contribution in [3.05, 3.63) is 0 Å². The summed E-state index contributed by atoms with van der Waals surface area (Å²) in [6.45, 7) is 6.96. The molecule has 0 fully saturated rings. The van der Waals surface area contributed by atoms with Crippen LogP contribution in [0.25, 0.3) is 0 Å². The predicted octanol–water partition coefficient (Wildman–Crippen LogP) is 2.89. The van der Waals surface area contributed by atoms with Gasteiger partial charge in [-0.25, -0.2) is 0 Å². The molecule has 0 aromatic rings. The van der Waals surface area contributed by atoms with Gasteiger partial charge in [-0.1, -0.05) is 26.7 Å². The van der Waals surface area contributed by atoms with Gasteiger partial charge in [0.15, 0.2) is 0 Å². The molecule has 0 unspecified atom stereocenters. The molecule has 1 N–H and O–H groups in total. The van der Waals surface area contributed by atoms with Crippen molar-refractivity contribution >= 4 is 0 Å². The molecule has 0 spiro atoms. The van der Waals surface area contributed by atoms with Gasteiger partial charge in [-0.3, -0.25) is 0 Å². The van der Waals surface area contributed by atoms with E-state index in [1.165, 1.54) is 51.6 Å². The lowest BCUT2D eigenvalue weighted by Crippen LogP contribution is -2.30. The van der Waals surface area contributed by atoms with E-state index in [1.54, 1.807) is 0 Å². The van der Waals surface area contributed by atoms with Crippen LogP contribution < -0.4 is 5.32 Å². The maximum atomic E-state index is 3.68. The summed E-state index contributed by atoms with van der Waals surface area (Å²) in [6.07, 6.45) is 7.89. The highest BCUT2D eigenvalue weighted by atomic mass is 15.0. The second kappa shape index (κ2) is 10.4. The van der Waals surface area contributed by atoms with Crippen LogP contribution in [0.5, 0.6) is 0 Å². The summed E-state index contributed by atoms with van der Waals surface area (Å²) in [5, 5.41) is 3.68. The molecule has 92 valence electrons. The second-order valence-corrected chi connectivity index (χ2v) is 4.74. The first-order chi connectivity index (χ1) is 7.20. The molecule has 0 aromatic carbocycles. The summed E-state index contributed by atoms with van der Waals surface area (Å²) < 4.78 is 0. The van der Waals surface area contributed by atoms with Gasteiger partial charge in [0.05, 0.1) is 0 Å². The van der Waals surface area contributed by atoms with Crippen molar-refractivity contribution in [2.24, 2.45) is 0 Å². The highest BCUT2D eigenvalue weighted by Gasteiger charge is 2.04. The maximum absolute atomic E-state index is 3.68. The Labute approximate surface area is 96.4 Å². The monoisotopic (exact) mass is 214 g/mol. The zero-order valence-electron chi connectivity index (χ0n) is 11.2. The Morgan fingerprint density at radius 1 is 1.00 bits per heavy atom. The Balaban J connectivity index is 3.36. The predicted molar refractivity (Wildman–Crippen MR) is 69.4 cm³/mol. The number of nitrogens with zero attached hydrogens (tertiary/aromatic N) is 1. The largest absolute Gasteiger partial charge is 0.314 e. The molecule has 0 aliphatic heterocycles. The highest BCUT2D eigenvalue weighted by Crippen LogP contribution is 2.04. The number of hydrogen-bond acceptors (Lipinski definition) is 2. The molecule has 0 radical (unpaired) electrons. The average Bonchev–Trinajstić information content (AvgIpc) is 2.17. The van der Waals surface area contributed by atoms with E-state index in [0.717, 1.165) is 6.04 Å². The minimum Gasteiger partial charge on any atom is -0.314 e. The van der Waals surface area contributed by atoms with Gasteiger partial charge in [0.1, 0.15) is 0 Å². The van der Waals surface area contributed by atoms with E-state index < -0.39 is 0 Å². The standard InChI is InChI=1S/C13H30N2/c1-5-9-13(10-6-2)14-11-7-8-12-15(3)4/h13-14H,5-12H2,1-4H3. The van der Waals surface area contributed by atoms with Crippen LogP contribution in [0.15, 0.2) is 0 Å². The third-order valence-electron chi connectivity index (χ3n) is 2.74. The molecule has 0 heterocycles. The molecule has 15 heavy (non-hydrogen) atoms. The Morgan fingerprint density at radius 3 is 2.07 bits per heavy atom. The molecule has 0 aliphatic rings. The molecule has 0 rings (SSSR count). The smallest absolute Gasteiger partial charge is 0.00668 e. The van der Waals surface area contributed by atoms with Gasteiger partial charge in [-0.2, -0.15) is 0 Å². The Morgan fingerprint density at radius 2 is 1.60 bits per heavy atom. The van der Waals surface area contributed by atoms with Crippen LogP contribution in [0.2, 0.25) is 0 Å². The number of hydrogen-bond donors (Lipinski definition) is 1. The molecular weight excluding hydrogens is 184 g/mol. The third kappa shape index (κ3) is 10.2. The molecule has 2 heteroatoms. The molecule has 0 saturated heterocycles. The van der Waals surface area contributed by atoms with Crippen LogP contribution in [-0.4, -0.2) is 38.1 Å². The quantitative estimate of drug-likeness (QED) is 0.563. The maximum Gasteiger partial charge on any atom is 0.00668 e. The van der Waals surface area contributed by atoms with Crippen molar-refractivity contribution in [3.63, 3.8) is 0 Å². The normalized spacial score (nSPS) is 11.6. The van der Waals surface area contributed by atoms with Gasteiger partial charge in [0, 0.05) is 6.04 Å². The third-order valence-corrected chi connectivity index (χ3v) is 2.74. The van der Waals surface area contributed by atoms with Crippen molar-refractivity contribution in [3.8, 4) is 0 Å². The lowest BCUT2D eigenvalue weighted by molar-refractivity contribution is 0.381. The fourth-order valence-corrected chi connectivity index (χ4v) is 1.90. The lowest BCUT2D eigenvalue weighted by atomic mass is 10.1. The molecule has 0 aliphatic carbocycles. The van der Waals surface area contributed by atoms with Crippen LogP contribution in [-0.2, 0) is 0 Å².